The number of hydrogen-bond acceptors (Lipinski definition) is 4. The topological polar surface area (TPSA) is 64.1 Å². The van der Waals surface area contributed by atoms with Crippen molar-refractivity contribution >= 4 is 17.6 Å². The Morgan fingerprint density at radius 1 is 1.00 bits per heavy atom. The number of rotatable bonds is 5. The van der Waals surface area contributed by atoms with Crippen LogP contribution in [-0.4, -0.2) is 58.6 Å². The molecule has 2 unspecified atom stereocenters. The van der Waals surface area contributed by atoms with Crippen LogP contribution in [0.25, 0.3) is 0 Å². The van der Waals surface area contributed by atoms with Crippen LogP contribution in [0.15, 0.2) is 54.6 Å². The highest BCUT2D eigenvalue weighted by Gasteiger charge is 2.43. The highest BCUT2D eigenvalue weighted by atomic mass is 16.3. The minimum atomic E-state index is -0.777. The van der Waals surface area contributed by atoms with E-state index >= 15 is 0 Å². The number of para-hydroxylation sites is 1. The van der Waals surface area contributed by atoms with Gasteiger partial charge in [0, 0.05) is 25.3 Å². The van der Waals surface area contributed by atoms with Gasteiger partial charge < -0.3 is 5.11 Å². The van der Waals surface area contributed by atoms with Crippen molar-refractivity contribution in [1.82, 2.24) is 9.80 Å². The Hall–Kier alpha value is -2.70. The molecule has 0 bridgehead atoms. The summed E-state index contributed by atoms with van der Waals surface area (Å²) in [4.78, 5) is 30.3. The number of hydrogen-bond donors (Lipinski definition) is 1. The number of amides is 3. The minimum absolute atomic E-state index is 0.0173. The van der Waals surface area contributed by atoms with Gasteiger partial charge in [-0.3, -0.25) is 19.5 Å². The van der Waals surface area contributed by atoms with Crippen molar-refractivity contribution in [3.63, 3.8) is 0 Å². The number of urea groups is 1. The van der Waals surface area contributed by atoms with Crippen LogP contribution in [0.1, 0.15) is 18.1 Å². The van der Waals surface area contributed by atoms with Crippen LogP contribution in [0.4, 0.5) is 10.5 Å². The maximum atomic E-state index is 12.8. The van der Waals surface area contributed by atoms with Gasteiger partial charge in [-0.1, -0.05) is 42.5 Å². The first-order chi connectivity index (χ1) is 13.5. The summed E-state index contributed by atoms with van der Waals surface area (Å²) in [6.07, 6.45) is 0.171. The van der Waals surface area contributed by atoms with E-state index in [9.17, 15) is 14.7 Å². The van der Waals surface area contributed by atoms with Crippen molar-refractivity contribution in [1.29, 1.82) is 0 Å². The van der Waals surface area contributed by atoms with Crippen molar-refractivity contribution in [2.24, 2.45) is 0 Å². The number of aliphatic hydroxyl groups excluding tert-OH is 1. The van der Waals surface area contributed by atoms with Gasteiger partial charge in [-0.25, -0.2) is 4.79 Å². The molecule has 3 amide bonds. The fraction of sp³-hybridized carbons (Fsp3) is 0.364. The van der Waals surface area contributed by atoms with Crippen molar-refractivity contribution < 1.29 is 14.7 Å². The lowest BCUT2D eigenvalue weighted by atomic mass is 10.00. The van der Waals surface area contributed by atoms with Crippen molar-refractivity contribution in [3.8, 4) is 0 Å². The van der Waals surface area contributed by atoms with E-state index in [4.69, 9.17) is 0 Å². The molecule has 2 aromatic carbocycles. The van der Waals surface area contributed by atoms with Gasteiger partial charge in [-0.2, -0.15) is 0 Å². The van der Waals surface area contributed by atoms with E-state index < -0.39 is 12.1 Å². The number of benzene rings is 2. The van der Waals surface area contributed by atoms with Gasteiger partial charge in [0.2, 0.25) is 0 Å². The van der Waals surface area contributed by atoms with Crippen molar-refractivity contribution in [2.45, 2.75) is 32.0 Å². The van der Waals surface area contributed by atoms with E-state index in [0.717, 1.165) is 19.5 Å². The van der Waals surface area contributed by atoms with Crippen LogP contribution in [0.3, 0.4) is 0 Å². The van der Waals surface area contributed by atoms with Crippen LogP contribution >= 0.6 is 0 Å². The molecule has 2 aromatic rings. The Kier molecular flexibility index (Phi) is 5.15. The molecule has 6 nitrogen and oxygen atoms in total. The van der Waals surface area contributed by atoms with Crippen LogP contribution in [0.2, 0.25) is 0 Å². The normalized spacial score (nSPS) is 21.1. The monoisotopic (exact) mass is 379 g/mol. The van der Waals surface area contributed by atoms with E-state index in [0.29, 0.717) is 12.2 Å². The Balaban J connectivity index is 1.40. The smallest absolute Gasteiger partial charge is 0.332 e. The second-order valence-corrected chi connectivity index (χ2v) is 7.52. The Bertz CT molecular complexity index is 870. The lowest BCUT2D eigenvalue weighted by Gasteiger charge is -2.31. The predicted octanol–water partition coefficient (Wildman–Crippen LogP) is 2.26. The summed E-state index contributed by atoms with van der Waals surface area (Å²) >= 11 is 0. The van der Waals surface area contributed by atoms with Gasteiger partial charge in [0.15, 0.2) is 0 Å². The highest BCUT2D eigenvalue weighted by Crippen LogP contribution is 2.26. The molecule has 0 radical (unpaired) electrons. The molecule has 28 heavy (non-hydrogen) atoms. The Morgan fingerprint density at radius 2 is 1.68 bits per heavy atom. The fourth-order valence-corrected chi connectivity index (χ4v) is 4.09. The Morgan fingerprint density at radius 3 is 2.43 bits per heavy atom. The SMILES string of the molecule is CC1C(=O)N(CC(O)CN2CCc3ccccc3C2)C(=O)N1c1ccccc1. The van der Waals surface area contributed by atoms with Crippen LogP contribution in [-0.2, 0) is 17.8 Å². The van der Waals surface area contributed by atoms with Gasteiger partial charge in [0.05, 0.1) is 12.6 Å². The number of carbonyl (C=O) groups excluding carboxylic acids is 2. The molecule has 1 saturated heterocycles. The van der Waals surface area contributed by atoms with E-state index in [1.54, 1.807) is 6.92 Å². The van der Waals surface area contributed by atoms with Gasteiger partial charge >= 0.3 is 6.03 Å². The first kappa shape index (κ1) is 18.7. The zero-order valence-corrected chi connectivity index (χ0v) is 16.0. The van der Waals surface area contributed by atoms with Gasteiger partial charge in [-0.15, -0.1) is 0 Å². The number of carbonyl (C=O) groups is 2. The van der Waals surface area contributed by atoms with Crippen LogP contribution in [0.5, 0.6) is 0 Å². The molecule has 1 fully saturated rings. The fourth-order valence-electron chi connectivity index (χ4n) is 4.09. The number of β-amino-alcohol motifs (C(OH)–C–C–N with tert-alkyl or cyclic N) is 1. The van der Waals surface area contributed by atoms with E-state index in [-0.39, 0.29) is 18.5 Å². The van der Waals surface area contributed by atoms with Crippen molar-refractivity contribution in [2.75, 3.05) is 24.5 Å². The molecule has 1 N–H and O–H groups in total. The Labute approximate surface area is 165 Å². The average molecular weight is 379 g/mol. The zero-order chi connectivity index (χ0) is 19.7. The molecule has 0 spiro atoms. The number of anilines is 1. The lowest BCUT2D eigenvalue weighted by molar-refractivity contribution is -0.128. The second-order valence-electron chi connectivity index (χ2n) is 7.52. The molecule has 2 aliphatic rings. The number of fused-ring (bicyclic) bond motifs is 1. The van der Waals surface area contributed by atoms with Gasteiger partial charge in [0.1, 0.15) is 6.04 Å². The summed E-state index contributed by atoms with van der Waals surface area (Å²) < 4.78 is 0. The largest absolute Gasteiger partial charge is 0.390 e. The third kappa shape index (κ3) is 3.53. The number of imide groups is 1. The average Bonchev–Trinajstić information content (AvgIpc) is 2.92. The summed E-state index contributed by atoms with van der Waals surface area (Å²) in [5, 5.41) is 10.6. The summed E-state index contributed by atoms with van der Waals surface area (Å²) in [5.74, 6) is -0.267. The molecule has 2 atom stereocenters. The molecule has 2 aliphatic heterocycles. The third-order valence-corrected chi connectivity index (χ3v) is 5.55. The predicted molar refractivity (Wildman–Crippen MR) is 107 cm³/mol. The highest BCUT2D eigenvalue weighted by molar-refractivity contribution is 6.14. The third-order valence-electron chi connectivity index (χ3n) is 5.55. The summed E-state index contributed by atoms with van der Waals surface area (Å²) in [6.45, 7) is 3.82. The quantitative estimate of drug-likeness (QED) is 0.810. The van der Waals surface area contributed by atoms with E-state index in [1.807, 2.05) is 42.5 Å². The summed E-state index contributed by atoms with van der Waals surface area (Å²) in [7, 11) is 0. The standard InChI is InChI=1S/C22H25N3O3/c1-16-21(27)24(22(28)25(16)19-9-3-2-4-10-19)15-20(26)14-23-12-11-17-7-5-6-8-18(17)13-23/h2-10,16,20,26H,11-15H2,1H3. The molecule has 146 valence electrons. The van der Waals surface area contributed by atoms with Crippen LogP contribution < -0.4 is 4.90 Å². The summed E-state index contributed by atoms with van der Waals surface area (Å²) in [6, 6.07) is 16.6. The molecule has 2 heterocycles. The maximum Gasteiger partial charge on any atom is 0.332 e. The van der Waals surface area contributed by atoms with Gasteiger partial charge in [0.25, 0.3) is 5.91 Å². The number of nitrogens with zero attached hydrogens (tertiary/aromatic N) is 3. The first-order valence-corrected chi connectivity index (χ1v) is 9.71. The van der Waals surface area contributed by atoms with Crippen molar-refractivity contribution in [3.05, 3.63) is 65.7 Å². The van der Waals surface area contributed by atoms with Crippen LogP contribution in [0, 0.1) is 0 Å². The molecular formula is C22H25N3O3. The molecule has 6 heteroatoms. The van der Waals surface area contributed by atoms with Gasteiger partial charge in [-0.05, 0) is 36.6 Å². The maximum absolute atomic E-state index is 12.8. The lowest BCUT2D eigenvalue weighted by Crippen LogP contribution is -2.44. The van der Waals surface area contributed by atoms with E-state index in [1.165, 1.54) is 20.9 Å². The molecule has 0 aliphatic carbocycles. The van der Waals surface area contributed by atoms with E-state index in [2.05, 4.69) is 17.0 Å². The molecule has 0 aromatic heterocycles. The molecule has 4 rings (SSSR count). The minimum Gasteiger partial charge on any atom is -0.390 e. The summed E-state index contributed by atoms with van der Waals surface area (Å²) in [5.41, 5.74) is 3.32. The second kappa shape index (κ2) is 7.73. The molecule has 0 saturated carbocycles. The first-order valence-electron chi connectivity index (χ1n) is 9.71. The number of aliphatic hydroxyl groups is 1. The molecular weight excluding hydrogens is 354 g/mol. The zero-order valence-electron chi connectivity index (χ0n) is 16.0.